The Morgan fingerprint density at radius 3 is 1.67 bits per heavy atom. The fourth-order valence-electron chi connectivity index (χ4n) is 2.15. The van der Waals surface area contributed by atoms with E-state index in [0.29, 0.717) is 0 Å². The minimum absolute atomic E-state index is 0.826. The first-order valence-electron chi connectivity index (χ1n) is 6.52. The Balaban J connectivity index is 2.41. The van der Waals surface area contributed by atoms with E-state index in [9.17, 15) is 0 Å². The van der Waals surface area contributed by atoms with Gasteiger partial charge in [-0.05, 0) is 23.3 Å². The third-order valence-corrected chi connectivity index (χ3v) is 6.90. The second kappa shape index (κ2) is 5.98. The zero-order chi connectivity index (χ0) is 12.8. The molecular formula is C16H20OSi. The molecule has 2 rings (SSSR count). The fraction of sp³-hybridized carbons (Fsp3) is 0.250. The molecule has 0 aliphatic rings. The zero-order valence-corrected chi connectivity index (χ0v) is 12.1. The Morgan fingerprint density at radius 2 is 1.28 bits per heavy atom. The predicted molar refractivity (Wildman–Crippen MR) is 80.0 cm³/mol. The maximum absolute atomic E-state index is 6.29. The lowest BCUT2D eigenvalue weighted by atomic mass is 10.4. The maximum Gasteiger partial charge on any atom is 0.252 e. The zero-order valence-electron chi connectivity index (χ0n) is 11.1. The molecule has 0 amide bonds. The Hall–Kier alpha value is -1.38. The van der Waals surface area contributed by atoms with Gasteiger partial charge in [0, 0.05) is 6.61 Å². The Bertz CT molecular complexity index is 427. The highest BCUT2D eigenvalue weighted by molar-refractivity contribution is 6.96. The summed E-state index contributed by atoms with van der Waals surface area (Å²) in [6.07, 6.45) is 1.06. The van der Waals surface area contributed by atoms with Gasteiger partial charge in [0.2, 0.25) is 0 Å². The molecule has 0 bridgehead atoms. The summed E-state index contributed by atoms with van der Waals surface area (Å²) < 4.78 is 6.29. The molecular weight excluding hydrogens is 236 g/mol. The van der Waals surface area contributed by atoms with Gasteiger partial charge in [-0.3, -0.25) is 0 Å². The van der Waals surface area contributed by atoms with Crippen LogP contribution in [0, 0.1) is 0 Å². The molecule has 0 saturated carbocycles. The van der Waals surface area contributed by atoms with Crippen molar-refractivity contribution in [3.8, 4) is 0 Å². The highest BCUT2D eigenvalue weighted by atomic mass is 28.4. The van der Waals surface area contributed by atoms with Gasteiger partial charge < -0.3 is 4.43 Å². The van der Waals surface area contributed by atoms with E-state index < -0.39 is 8.32 Å². The summed E-state index contributed by atoms with van der Waals surface area (Å²) in [5.41, 5.74) is 0. The SMILES string of the molecule is CCCO[Si](C)(c1ccccc1)c1ccccc1. The largest absolute Gasteiger partial charge is 0.408 e. The van der Waals surface area contributed by atoms with Crippen molar-refractivity contribution in [2.24, 2.45) is 0 Å². The molecule has 18 heavy (non-hydrogen) atoms. The van der Waals surface area contributed by atoms with Gasteiger partial charge in [-0.2, -0.15) is 0 Å². The van der Waals surface area contributed by atoms with Crippen LogP contribution in [0.15, 0.2) is 60.7 Å². The lowest BCUT2D eigenvalue weighted by Crippen LogP contribution is -2.58. The van der Waals surface area contributed by atoms with E-state index >= 15 is 0 Å². The van der Waals surface area contributed by atoms with E-state index in [4.69, 9.17) is 4.43 Å². The lowest BCUT2D eigenvalue weighted by Gasteiger charge is -2.28. The summed E-state index contributed by atoms with van der Waals surface area (Å²) in [7, 11) is -2.02. The van der Waals surface area contributed by atoms with Gasteiger partial charge in [-0.15, -0.1) is 0 Å². The van der Waals surface area contributed by atoms with Crippen LogP contribution >= 0.6 is 0 Å². The molecule has 0 aliphatic carbocycles. The number of rotatable bonds is 5. The van der Waals surface area contributed by atoms with Crippen LogP contribution in [-0.2, 0) is 4.43 Å². The molecule has 0 unspecified atom stereocenters. The molecule has 2 aromatic rings. The molecule has 94 valence electrons. The maximum atomic E-state index is 6.29. The van der Waals surface area contributed by atoms with Crippen LogP contribution in [0.5, 0.6) is 0 Å². The van der Waals surface area contributed by atoms with Gasteiger partial charge in [0.15, 0.2) is 0 Å². The molecule has 2 heteroatoms. The minimum Gasteiger partial charge on any atom is -0.408 e. The van der Waals surface area contributed by atoms with Gasteiger partial charge in [-0.25, -0.2) is 0 Å². The van der Waals surface area contributed by atoms with Gasteiger partial charge in [0.1, 0.15) is 0 Å². The molecule has 0 heterocycles. The predicted octanol–water partition coefficient (Wildman–Crippen LogP) is 2.80. The highest BCUT2D eigenvalue weighted by Gasteiger charge is 2.33. The van der Waals surface area contributed by atoms with Crippen molar-refractivity contribution >= 4 is 18.7 Å². The van der Waals surface area contributed by atoms with Gasteiger partial charge in [0.25, 0.3) is 8.32 Å². The average Bonchev–Trinajstić information content (AvgIpc) is 2.46. The second-order valence-corrected chi connectivity index (χ2v) is 8.12. The second-order valence-electron chi connectivity index (χ2n) is 4.61. The molecule has 0 saturated heterocycles. The summed E-state index contributed by atoms with van der Waals surface area (Å²) in [4.78, 5) is 0. The van der Waals surface area contributed by atoms with Crippen LogP contribution in [0.1, 0.15) is 13.3 Å². The first-order valence-corrected chi connectivity index (χ1v) is 8.93. The summed E-state index contributed by atoms with van der Waals surface area (Å²) in [6, 6.07) is 21.3. The smallest absolute Gasteiger partial charge is 0.252 e. The monoisotopic (exact) mass is 256 g/mol. The highest BCUT2D eigenvalue weighted by Crippen LogP contribution is 2.07. The lowest BCUT2D eigenvalue weighted by molar-refractivity contribution is 0.319. The van der Waals surface area contributed by atoms with Crippen LogP contribution in [0.4, 0.5) is 0 Å². The van der Waals surface area contributed by atoms with Crippen molar-refractivity contribution in [2.75, 3.05) is 6.61 Å². The van der Waals surface area contributed by atoms with Gasteiger partial charge >= 0.3 is 0 Å². The standard InChI is InChI=1S/C16H20OSi/c1-3-14-17-18(2,15-10-6-4-7-11-15)16-12-8-5-9-13-16/h4-13H,3,14H2,1-2H3. The summed E-state index contributed by atoms with van der Waals surface area (Å²) in [5.74, 6) is 0. The van der Waals surface area contributed by atoms with Gasteiger partial charge in [-0.1, -0.05) is 67.6 Å². The van der Waals surface area contributed by atoms with Crippen LogP contribution in [0.25, 0.3) is 0 Å². The van der Waals surface area contributed by atoms with Crippen molar-refractivity contribution in [1.82, 2.24) is 0 Å². The van der Waals surface area contributed by atoms with E-state index in [-0.39, 0.29) is 0 Å². The third-order valence-electron chi connectivity index (χ3n) is 3.24. The summed E-state index contributed by atoms with van der Waals surface area (Å²) in [5, 5.41) is 2.68. The fourth-order valence-corrected chi connectivity index (χ4v) is 5.09. The molecule has 0 aromatic heterocycles. The number of hydrogen-bond donors (Lipinski definition) is 0. The molecule has 0 atom stereocenters. The number of hydrogen-bond acceptors (Lipinski definition) is 1. The Kier molecular flexibility index (Phi) is 4.34. The molecule has 0 aliphatic heterocycles. The van der Waals surface area contributed by atoms with E-state index in [1.54, 1.807) is 0 Å². The van der Waals surface area contributed by atoms with Crippen molar-refractivity contribution in [1.29, 1.82) is 0 Å². The molecule has 2 aromatic carbocycles. The minimum atomic E-state index is -2.02. The van der Waals surface area contributed by atoms with Crippen LogP contribution in [-0.4, -0.2) is 14.9 Å². The van der Waals surface area contributed by atoms with E-state index in [1.165, 1.54) is 10.4 Å². The van der Waals surface area contributed by atoms with E-state index in [2.05, 4.69) is 74.1 Å². The normalized spacial score (nSPS) is 11.4. The topological polar surface area (TPSA) is 9.23 Å². The van der Waals surface area contributed by atoms with Crippen molar-refractivity contribution < 1.29 is 4.43 Å². The molecule has 0 spiro atoms. The average molecular weight is 256 g/mol. The molecule has 1 nitrogen and oxygen atoms in total. The third kappa shape index (κ3) is 2.71. The Labute approximate surface area is 111 Å². The van der Waals surface area contributed by atoms with E-state index in [1.807, 2.05) is 0 Å². The van der Waals surface area contributed by atoms with Crippen LogP contribution < -0.4 is 10.4 Å². The molecule has 0 radical (unpaired) electrons. The first-order chi connectivity index (χ1) is 8.77. The van der Waals surface area contributed by atoms with Crippen molar-refractivity contribution in [2.45, 2.75) is 19.9 Å². The molecule has 0 N–H and O–H groups in total. The van der Waals surface area contributed by atoms with Gasteiger partial charge in [0.05, 0.1) is 0 Å². The Morgan fingerprint density at radius 1 is 0.833 bits per heavy atom. The quantitative estimate of drug-likeness (QED) is 0.748. The van der Waals surface area contributed by atoms with E-state index in [0.717, 1.165) is 13.0 Å². The van der Waals surface area contributed by atoms with Crippen LogP contribution in [0.2, 0.25) is 6.55 Å². The van der Waals surface area contributed by atoms with Crippen molar-refractivity contribution in [3.63, 3.8) is 0 Å². The van der Waals surface area contributed by atoms with Crippen molar-refractivity contribution in [3.05, 3.63) is 60.7 Å². The first kappa shape index (κ1) is 13.1. The summed E-state index contributed by atoms with van der Waals surface area (Å²) in [6.45, 7) is 5.27. The van der Waals surface area contributed by atoms with Crippen LogP contribution in [0.3, 0.4) is 0 Å². The summed E-state index contributed by atoms with van der Waals surface area (Å²) >= 11 is 0. The number of benzene rings is 2. The molecule has 0 fully saturated rings.